The summed E-state index contributed by atoms with van der Waals surface area (Å²) in [4.78, 5) is 0. The predicted molar refractivity (Wildman–Crippen MR) is 54.5 cm³/mol. The van der Waals surface area contributed by atoms with Crippen LogP contribution in [0.5, 0.6) is 0 Å². The molecule has 0 fully saturated rings. The maximum absolute atomic E-state index is 5.99. The van der Waals surface area contributed by atoms with Gasteiger partial charge in [0.25, 0.3) is 0 Å². The summed E-state index contributed by atoms with van der Waals surface area (Å²) in [5.74, 6) is 0.491. The van der Waals surface area contributed by atoms with Crippen molar-refractivity contribution in [3.05, 3.63) is 47.5 Å². The van der Waals surface area contributed by atoms with E-state index >= 15 is 0 Å². The van der Waals surface area contributed by atoms with Gasteiger partial charge in [-0.3, -0.25) is 0 Å². The Bertz CT molecular complexity index is 265. The van der Waals surface area contributed by atoms with Crippen LogP contribution in [0.25, 0.3) is 0 Å². The molecular weight excluding hydrogens is 168 g/mol. The van der Waals surface area contributed by atoms with Gasteiger partial charge in [-0.2, -0.15) is 0 Å². The first kappa shape index (κ1) is 9.34. The van der Waals surface area contributed by atoms with Gasteiger partial charge in [0.2, 0.25) is 0 Å². The molecule has 0 radical (unpaired) electrons. The fraction of sp³-hybridized carbons (Fsp3) is 0.273. The topological polar surface area (TPSA) is 0 Å². The third kappa shape index (κ3) is 2.38. The number of rotatable bonds is 3. The highest BCUT2D eigenvalue weighted by Gasteiger charge is 2.01. The molecule has 0 nitrogen and oxygen atoms in total. The Morgan fingerprint density at radius 1 is 1.50 bits per heavy atom. The van der Waals surface area contributed by atoms with Crippen LogP contribution in [0.4, 0.5) is 0 Å². The zero-order chi connectivity index (χ0) is 8.97. The summed E-state index contributed by atoms with van der Waals surface area (Å²) < 4.78 is 0. The maximum atomic E-state index is 5.99. The Balaban J connectivity index is 2.75. The van der Waals surface area contributed by atoms with Gasteiger partial charge < -0.3 is 0 Å². The van der Waals surface area contributed by atoms with Crippen molar-refractivity contribution < 1.29 is 0 Å². The number of allylic oxidation sites excluding steroid dienone is 1. The normalized spacial score (nSPS) is 12.5. The molecule has 1 heteroatoms. The average Bonchev–Trinajstić information content (AvgIpc) is 2.09. The summed E-state index contributed by atoms with van der Waals surface area (Å²) >= 11 is 5.99. The van der Waals surface area contributed by atoms with Gasteiger partial charge in [-0.15, -0.1) is 6.58 Å². The fourth-order valence-corrected chi connectivity index (χ4v) is 1.31. The van der Waals surface area contributed by atoms with E-state index in [0.29, 0.717) is 5.92 Å². The predicted octanol–water partition coefficient (Wildman–Crippen LogP) is 3.70. The van der Waals surface area contributed by atoms with Gasteiger partial charge in [0.1, 0.15) is 0 Å². The molecule has 1 rings (SSSR count). The molecular formula is C11H13Cl. The van der Waals surface area contributed by atoms with Crippen molar-refractivity contribution in [2.75, 3.05) is 0 Å². The third-order valence-electron chi connectivity index (χ3n) is 1.90. The second kappa shape index (κ2) is 4.32. The maximum Gasteiger partial charge on any atom is 0.0438 e. The Morgan fingerprint density at radius 2 is 2.17 bits per heavy atom. The first-order chi connectivity index (χ1) is 5.74. The molecule has 0 spiro atoms. The van der Waals surface area contributed by atoms with E-state index in [4.69, 9.17) is 11.6 Å². The molecule has 0 N–H and O–H groups in total. The van der Waals surface area contributed by atoms with E-state index in [-0.39, 0.29) is 0 Å². The molecule has 1 aromatic rings. The third-order valence-corrected chi connectivity index (χ3v) is 2.27. The van der Waals surface area contributed by atoms with Gasteiger partial charge in [0.15, 0.2) is 0 Å². The van der Waals surface area contributed by atoms with Gasteiger partial charge in [0, 0.05) is 5.02 Å². The van der Waals surface area contributed by atoms with Crippen LogP contribution in [0.2, 0.25) is 5.02 Å². The minimum absolute atomic E-state index is 0.491. The molecule has 64 valence electrons. The van der Waals surface area contributed by atoms with Crippen molar-refractivity contribution in [3.8, 4) is 0 Å². The first-order valence-corrected chi connectivity index (χ1v) is 4.48. The van der Waals surface area contributed by atoms with E-state index in [1.54, 1.807) is 0 Å². The Morgan fingerprint density at radius 3 is 2.75 bits per heavy atom. The van der Waals surface area contributed by atoms with Crippen LogP contribution in [-0.2, 0) is 6.42 Å². The Hall–Kier alpha value is -0.750. The van der Waals surface area contributed by atoms with Crippen molar-refractivity contribution in [1.82, 2.24) is 0 Å². The number of benzene rings is 1. The summed E-state index contributed by atoms with van der Waals surface area (Å²) in [6.45, 7) is 5.88. The minimum atomic E-state index is 0.491. The van der Waals surface area contributed by atoms with Gasteiger partial charge >= 0.3 is 0 Å². The standard InChI is InChI=1S/C11H13Cl/c1-3-9(2)8-10-6-4-5-7-11(10)12/h3-7,9H,1,8H2,2H3. The van der Waals surface area contributed by atoms with Crippen LogP contribution in [0.1, 0.15) is 12.5 Å². The molecule has 0 bridgehead atoms. The summed E-state index contributed by atoms with van der Waals surface area (Å²) in [6, 6.07) is 7.94. The van der Waals surface area contributed by atoms with Crippen LogP contribution in [0.3, 0.4) is 0 Å². The van der Waals surface area contributed by atoms with Gasteiger partial charge in [-0.1, -0.05) is 42.8 Å². The zero-order valence-corrected chi connectivity index (χ0v) is 8.01. The lowest BCUT2D eigenvalue weighted by Gasteiger charge is -2.06. The summed E-state index contributed by atoms with van der Waals surface area (Å²) in [5, 5.41) is 0.853. The van der Waals surface area contributed by atoms with Gasteiger partial charge in [-0.05, 0) is 24.0 Å². The van der Waals surface area contributed by atoms with E-state index < -0.39 is 0 Å². The van der Waals surface area contributed by atoms with Crippen LogP contribution in [-0.4, -0.2) is 0 Å². The van der Waals surface area contributed by atoms with Crippen LogP contribution < -0.4 is 0 Å². The molecule has 1 atom stereocenters. The molecule has 1 aromatic carbocycles. The molecule has 1 unspecified atom stereocenters. The number of hydrogen-bond donors (Lipinski definition) is 0. The highest BCUT2D eigenvalue weighted by atomic mass is 35.5. The molecule has 0 saturated carbocycles. The van der Waals surface area contributed by atoms with Crippen LogP contribution in [0.15, 0.2) is 36.9 Å². The quantitative estimate of drug-likeness (QED) is 0.623. The van der Waals surface area contributed by atoms with Gasteiger partial charge in [0.05, 0.1) is 0 Å². The first-order valence-electron chi connectivity index (χ1n) is 4.10. The second-order valence-electron chi connectivity index (χ2n) is 3.01. The van der Waals surface area contributed by atoms with Crippen LogP contribution in [0, 0.1) is 5.92 Å². The van der Waals surface area contributed by atoms with E-state index in [1.807, 2.05) is 24.3 Å². The van der Waals surface area contributed by atoms with E-state index in [2.05, 4.69) is 19.6 Å². The lowest BCUT2D eigenvalue weighted by molar-refractivity contribution is 0.726. The van der Waals surface area contributed by atoms with E-state index in [0.717, 1.165) is 11.4 Å². The van der Waals surface area contributed by atoms with Gasteiger partial charge in [-0.25, -0.2) is 0 Å². The number of halogens is 1. The molecule has 0 aliphatic rings. The molecule has 0 aromatic heterocycles. The molecule has 0 heterocycles. The largest absolute Gasteiger partial charge is 0.103 e. The molecule has 0 saturated heterocycles. The van der Waals surface area contributed by atoms with Crippen molar-refractivity contribution >= 4 is 11.6 Å². The van der Waals surface area contributed by atoms with E-state index in [9.17, 15) is 0 Å². The summed E-state index contributed by atoms with van der Waals surface area (Å²) in [7, 11) is 0. The average molecular weight is 181 g/mol. The number of hydrogen-bond acceptors (Lipinski definition) is 0. The monoisotopic (exact) mass is 180 g/mol. The second-order valence-corrected chi connectivity index (χ2v) is 3.42. The molecule has 0 aliphatic heterocycles. The molecule has 0 aliphatic carbocycles. The zero-order valence-electron chi connectivity index (χ0n) is 7.26. The van der Waals surface area contributed by atoms with Crippen LogP contribution >= 0.6 is 11.6 Å². The summed E-state index contributed by atoms with van der Waals surface area (Å²) in [5.41, 5.74) is 1.20. The minimum Gasteiger partial charge on any atom is -0.103 e. The fourth-order valence-electron chi connectivity index (χ4n) is 1.09. The Labute approximate surface area is 78.9 Å². The molecule has 12 heavy (non-hydrogen) atoms. The summed E-state index contributed by atoms with van der Waals surface area (Å²) in [6.07, 6.45) is 2.92. The highest BCUT2D eigenvalue weighted by Crippen LogP contribution is 2.18. The Kier molecular flexibility index (Phi) is 3.36. The van der Waals surface area contributed by atoms with Crippen molar-refractivity contribution in [2.45, 2.75) is 13.3 Å². The lowest BCUT2D eigenvalue weighted by Crippen LogP contribution is -1.95. The molecule has 0 amide bonds. The smallest absolute Gasteiger partial charge is 0.0438 e. The van der Waals surface area contributed by atoms with Crippen molar-refractivity contribution in [1.29, 1.82) is 0 Å². The van der Waals surface area contributed by atoms with Crippen molar-refractivity contribution in [3.63, 3.8) is 0 Å². The van der Waals surface area contributed by atoms with Crippen molar-refractivity contribution in [2.24, 2.45) is 5.92 Å². The SMILES string of the molecule is C=CC(C)Cc1ccccc1Cl. The lowest BCUT2D eigenvalue weighted by atomic mass is 10.0. The van der Waals surface area contributed by atoms with E-state index in [1.165, 1.54) is 5.56 Å². The highest BCUT2D eigenvalue weighted by molar-refractivity contribution is 6.31.